The monoisotopic (exact) mass is 423 g/mol. The van der Waals surface area contributed by atoms with Crippen LogP contribution in [0.3, 0.4) is 0 Å². The van der Waals surface area contributed by atoms with E-state index in [4.69, 9.17) is 9.47 Å². The molecule has 0 aliphatic carbocycles. The molecule has 0 atom stereocenters. The van der Waals surface area contributed by atoms with Crippen molar-refractivity contribution in [3.05, 3.63) is 64.3 Å². The van der Waals surface area contributed by atoms with Crippen molar-refractivity contribution in [2.75, 3.05) is 19.5 Å². The number of thiophene rings is 1. The van der Waals surface area contributed by atoms with Crippen LogP contribution in [0.15, 0.2) is 48.7 Å². The van der Waals surface area contributed by atoms with Crippen LogP contribution in [-0.2, 0) is 6.54 Å². The molecular formula is C20H17N5O4S. The fourth-order valence-corrected chi connectivity index (χ4v) is 3.77. The number of nitro groups is 1. The molecule has 0 saturated carbocycles. The van der Waals surface area contributed by atoms with E-state index in [0.29, 0.717) is 45.6 Å². The SMILES string of the molecule is COc1ccc(CNc2nc(-c3ccccn3)nc3sc([N+](=O)[O-])cc23)cc1OC. The van der Waals surface area contributed by atoms with Crippen LogP contribution in [0.2, 0.25) is 0 Å². The summed E-state index contributed by atoms with van der Waals surface area (Å²) < 4.78 is 10.6. The maximum atomic E-state index is 11.3. The number of benzene rings is 1. The average molecular weight is 423 g/mol. The number of rotatable bonds is 7. The number of aromatic nitrogens is 3. The highest BCUT2D eigenvalue weighted by Gasteiger charge is 2.18. The third-order valence-electron chi connectivity index (χ3n) is 4.36. The molecule has 0 bridgehead atoms. The number of hydrogen-bond donors (Lipinski definition) is 1. The van der Waals surface area contributed by atoms with Gasteiger partial charge in [-0.2, -0.15) is 0 Å². The fourth-order valence-electron chi connectivity index (χ4n) is 2.92. The zero-order chi connectivity index (χ0) is 21.1. The number of ether oxygens (including phenoxy) is 2. The van der Waals surface area contributed by atoms with Gasteiger partial charge in [0, 0.05) is 18.8 Å². The molecule has 0 spiro atoms. The van der Waals surface area contributed by atoms with Gasteiger partial charge >= 0.3 is 5.00 Å². The summed E-state index contributed by atoms with van der Waals surface area (Å²) in [5.41, 5.74) is 1.52. The van der Waals surface area contributed by atoms with Gasteiger partial charge in [0.05, 0.1) is 24.5 Å². The second-order valence-corrected chi connectivity index (χ2v) is 7.22. The molecule has 4 aromatic rings. The van der Waals surface area contributed by atoms with Crippen molar-refractivity contribution in [3.63, 3.8) is 0 Å². The Hall–Kier alpha value is -3.79. The second kappa shape index (κ2) is 8.29. The number of fused-ring (bicyclic) bond motifs is 1. The van der Waals surface area contributed by atoms with Gasteiger partial charge in [-0.3, -0.25) is 15.1 Å². The average Bonchev–Trinajstić information content (AvgIpc) is 3.22. The maximum absolute atomic E-state index is 11.3. The van der Waals surface area contributed by atoms with E-state index in [2.05, 4.69) is 20.3 Å². The highest BCUT2D eigenvalue weighted by molar-refractivity contribution is 7.21. The van der Waals surface area contributed by atoms with Crippen molar-refractivity contribution >= 4 is 32.4 Å². The Kier molecular flexibility index (Phi) is 5.40. The van der Waals surface area contributed by atoms with E-state index in [1.54, 1.807) is 32.5 Å². The van der Waals surface area contributed by atoms with Crippen molar-refractivity contribution in [2.24, 2.45) is 0 Å². The molecule has 0 aliphatic heterocycles. The van der Waals surface area contributed by atoms with Crippen LogP contribution in [0.25, 0.3) is 21.7 Å². The number of anilines is 1. The fraction of sp³-hybridized carbons (Fsp3) is 0.150. The highest BCUT2D eigenvalue weighted by atomic mass is 32.1. The van der Waals surface area contributed by atoms with E-state index in [9.17, 15) is 10.1 Å². The molecule has 3 heterocycles. The minimum Gasteiger partial charge on any atom is -0.493 e. The Morgan fingerprint density at radius 1 is 1.10 bits per heavy atom. The third-order valence-corrected chi connectivity index (χ3v) is 5.34. The summed E-state index contributed by atoms with van der Waals surface area (Å²) >= 11 is 1.01. The first kappa shape index (κ1) is 19.5. The number of pyridine rings is 1. The number of methoxy groups -OCH3 is 2. The molecule has 0 aliphatic rings. The van der Waals surface area contributed by atoms with E-state index >= 15 is 0 Å². The topological polar surface area (TPSA) is 112 Å². The highest BCUT2D eigenvalue weighted by Crippen LogP contribution is 2.35. The molecule has 0 unspecified atom stereocenters. The molecule has 30 heavy (non-hydrogen) atoms. The van der Waals surface area contributed by atoms with Gasteiger partial charge in [0.2, 0.25) is 0 Å². The Morgan fingerprint density at radius 2 is 1.93 bits per heavy atom. The molecule has 0 fully saturated rings. The number of nitrogens with one attached hydrogen (secondary N) is 1. The van der Waals surface area contributed by atoms with Gasteiger partial charge in [-0.25, -0.2) is 9.97 Å². The van der Waals surface area contributed by atoms with Crippen LogP contribution in [0.1, 0.15) is 5.56 Å². The lowest BCUT2D eigenvalue weighted by Crippen LogP contribution is -2.04. The molecule has 0 amide bonds. The molecule has 0 saturated heterocycles. The lowest BCUT2D eigenvalue weighted by Gasteiger charge is -2.11. The summed E-state index contributed by atoms with van der Waals surface area (Å²) in [6, 6.07) is 12.5. The Balaban J connectivity index is 1.72. The van der Waals surface area contributed by atoms with E-state index in [1.807, 2.05) is 24.3 Å². The lowest BCUT2D eigenvalue weighted by molar-refractivity contribution is -0.380. The zero-order valence-corrected chi connectivity index (χ0v) is 17.0. The molecule has 4 rings (SSSR count). The standard InChI is InChI=1S/C20H17N5O4S/c1-28-15-7-6-12(9-16(15)29-2)11-22-18-13-10-17(25(26)27)30-20(13)24-19(23-18)14-5-3-4-8-21-14/h3-10H,11H2,1-2H3,(H,22,23,24). The van der Waals surface area contributed by atoms with Gasteiger partial charge in [-0.15, -0.1) is 0 Å². The van der Waals surface area contributed by atoms with Crippen LogP contribution < -0.4 is 14.8 Å². The molecule has 1 N–H and O–H groups in total. The van der Waals surface area contributed by atoms with Crippen LogP contribution in [0, 0.1) is 10.1 Å². The minimum absolute atomic E-state index is 0.00615. The zero-order valence-electron chi connectivity index (χ0n) is 16.2. The summed E-state index contributed by atoms with van der Waals surface area (Å²) in [5.74, 6) is 2.15. The summed E-state index contributed by atoms with van der Waals surface area (Å²) in [6.07, 6.45) is 1.65. The normalized spacial score (nSPS) is 10.7. The van der Waals surface area contributed by atoms with E-state index in [0.717, 1.165) is 16.9 Å². The van der Waals surface area contributed by atoms with Gasteiger partial charge in [0.15, 0.2) is 17.3 Å². The van der Waals surface area contributed by atoms with Crippen molar-refractivity contribution in [3.8, 4) is 23.0 Å². The number of nitrogens with zero attached hydrogens (tertiary/aromatic N) is 4. The van der Waals surface area contributed by atoms with Crippen LogP contribution in [0.4, 0.5) is 10.8 Å². The first-order chi connectivity index (χ1) is 14.6. The Bertz CT molecular complexity index is 1210. The van der Waals surface area contributed by atoms with Gasteiger partial charge in [-0.05, 0) is 41.2 Å². The largest absolute Gasteiger partial charge is 0.493 e. The lowest BCUT2D eigenvalue weighted by atomic mass is 10.2. The van der Waals surface area contributed by atoms with Gasteiger partial charge in [0.25, 0.3) is 0 Å². The number of hydrogen-bond acceptors (Lipinski definition) is 9. The van der Waals surface area contributed by atoms with Gasteiger partial charge < -0.3 is 14.8 Å². The predicted molar refractivity (Wildman–Crippen MR) is 114 cm³/mol. The van der Waals surface area contributed by atoms with Crippen LogP contribution in [-0.4, -0.2) is 34.1 Å². The molecule has 0 radical (unpaired) electrons. The molecule has 152 valence electrons. The Labute approximate surface area is 175 Å². The van der Waals surface area contributed by atoms with E-state index in [-0.39, 0.29) is 5.00 Å². The molecule has 9 nitrogen and oxygen atoms in total. The van der Waals surface area contributed by atoms with Crippen molar-refractivity contribution < 1.29 is 14.4 Å². The first-order valence-corrected chi connectivity index (χ1v) is 9.73. The van der Waals surface area contributed by atoms with Gasteiger partial charge in [-0.1, -0.05) is 12.1 Å². The molecular weight excluding hydrogens is 406 g/mol. The predicted octanol–water partition coefficient (Wildman–Crippen LogP) is 4.29. The Morgan fingerprint density at radius 3 is 2.63 bits per heavy atom. The molecule has 3 aromatic heterocycles. The summed E-state index contributed by atoms with van der Waals surface area (Å²) in [5, 5.41) is 15.1. The summed E-state index contributed by atoms with van der Waals surface area (Å²) in [7, 11) is 3.16. The van der Waals surface area contributed by atoms with Gasteiger partial charge in [0.1, 0.15) is 16.3 Å². The minimum atomic E-state index is -0.426. The maximum Gasteiger partial charge on any atom is 0.326 e. The summed E-state index contributed by atoms with van der Waals surface area (Å²) in [6.45, 7) is 0.428. The van der Waals surface area contributed by atoms with Crippen LogP contribution in [0.5, 0.6) is 11.5 Å². The van der Waals surface area contributed by atoms with E-state index in [1.165, 1.54) is 6.07 Å². The smallest absolute Gasteiger partial charge is 0.326 e. The molecule has 1 aromatic carbocycles. The first-order valence-electron chi connectivity index (χ1n) is 8.91. The van der Waals surface area contributed by atoms with Crippen molar-refractivity contribution in [1.82, 2.24) is 15.0 Å². The second-order valence-electron chi connectivity index (χ2n) is 6.21. The van der Waals surface area contributed by atoms with Crippen molar-refractivity contribution in [2.45, 2.75) is 6.54 Å². The molecule has 10 heteroatoms. The van der Waals surface area contributed by atoms with E-state index < -0.39 is 4.92 Å². The third kappa shape index (κ3) is 3.85. The van der Waals surface area contributed by atoms with Crippen LogP contribution >= 0.6 is 11.3 Å². The van der Waals surface area contributed by atoms with Crippen molar-refractivity contribution in [1.29, 1.82) is 0 Å². The summed E-state index contributed by atoms with van der Waals surface area (Å²) in [4.78, 5) is 24.7. The quantitative estimate of drug-likeness (QED) is 0.346.